The lowest BCUT2D eigenvalue weighted by Gasteiger charge is -2.06. The summed E-state index contributed by atoms with van der Waals surface area (Å²) in [6.07, 6.45) is 4.98. The highest BCUT2D eigenvalue weighted by Crippen LogP contribution is 2.10. The minimum atomic E-state index is 0.993. The van der Waals surface area contributed by atoms with Gasteiger partial charge in [-0.15, -0.1) is 0 Å². The third-order valence-electron chi connectivity index (χ3n) is 1.30. The van der Waals surface area contributed by atoms with Crippen LogP contribution >= 0.6 is 0 Å². The lowest BCUT2D eigenvalue weighted by atomic mass is 10.3. The molecule has 0 amide bonds. The second-order valence-corrected chi connectivity index (χ2v) is 1.81. The van der Waals surface area contributed by atoms with E-state index in [2.05, 4.69) is 11.2 Å². The molecule has 1 rings (SSSR count). The molecule has 0 radical (unpaired) electrons. The van der Waals surface area contributed by atoms with Gasteiger partial charge >= 0.3 is 0 Å². The molecular weight excluding hydrogens is 124 g/mol. The molecule has 0 unspecified atom stereocenters. The molecule has 0 saturated carbocycles. The van der Waals surface area contributed by atoms with E-state index in [0.29, 0.717) is 0 Å². The molecule has 1 aliphatic rings. The van der Waals surface area contributed by atoms with E-state index in [4.69, 9.17) is 0 Å². The van der Waals surface area contributed by atoms with Crippen molar-refractivity contribution in [3.05, 3.63) is 11.8 Å². The van der Waals surface area contributed by atoms with E-state index in [9.17, 15) is 0 Å². The minimum Gasteiger partial charge on any atom is -0.273 e. The molecule has 2 heteroatoms. The van der Waals surface area contributed by atoms with Gasteiger partial charge in [-0.3, -0.25) is 5.01 Å². The van der Waals surface area contributed by atoms with Crippen LogP contribution in [0.3, 0.4) is 0 Å². The maximum absolute atomic E-state index is 4.03. The van der Waals surface area contributed by atoms with Gasteiger partial charge in [0.15, 0.2) is 0 Å². The Morgan fingerprint density at radius 2 is 2.20 bits per heavy atom. The second kappa shape index (κ2) is 5.03. The SMILES string of the molecule is C/C=C1\CC=NN1C.CC. The molecule has 10 heavy (non-hydrogen) atoms. The summed E-state index contributed by atoms with van der Waals surface area (Å²) in [6.45, 7) is 6.03. The summed E-state index contributed by atoms with van der Waals surface area (Å²) in [5, 5.41) is 5.92. The van der Waals surface area contributed by atoms with Crippen LogP contribution in [-0.2, 0) is 0 Å². The van der Waals surface area contributed by atoms with E-state index >= 15 is 0 Å². The quantitative estimate of drug-likeness (QED) is 0.504. The summed E-state index contributed by atoms with van der Waals surface area (Å²) >= 11 is 0. The van der Waals surface area contributed by atoms with Gasteiger partial charge in [-0.2, -0.15) is 5.10 Å². The molecule has 0 aromatic rings. The van der Waals surface area contributed by atoms with Crippen molar-refractivity contribution >= 4 is 6.21 Å². The highest BCUT2D eigenvalue weighted by Gasteiger charge is 2.04. The highest BCUT2D eigenvalue weighted by atomic mass is 15.5. The first kappa shape index (κ1) is 9.21. The van der Waals surface area contributed by atoms with Gasteiger partial charge < -0.3 is 0 Å². The average Bonchev–Trinajstić information content (AvgIpc) is 2.39. The van der Waals surface area contributed by atoms with Crippen LogP contribution in [0.25, 0.3) is 0 Å². The molecule has 0 fully saturated rings. The molecule has 1 aliphatic heterocycles. The first-order chi connectivity index (χ1) is 4.84. The van der Waals surface area contributed by atoms with E-state index in [1.165, 1.54) is 5.70 Å². The number of allylic oxidation sites excluding steroid dienone is 2. The molecule has 0 aromatic heterocycles. The molecule has 0 atom stereocenters. The third kappa shape index (κ3) is 2.21. The zero-order chi connectivity index (χ0) is 7.98. The van der Waals surface area contributed by atoms with E-state index in [-0.39, 0.29) is 0 Å². The predicted octanol–water partition coefficient (Wildman–Crippen LogP) is 2.24. The van der Waals surface area contributed by atoms with Crippen LogP contribution in [0, 0.1) is 0 Å². The summed E-state index contributed by atoms with van der Waals surface area (Å²) in [6, 6.07) is 0. The molecular formula is C8H16N2. The van der Waals surface area contributed by atoms with E-state index in [1.54, 1.807) is 0 Å². The molecule has 1 heterocycles. The maximum atomic E-state index is 4.03. The normalized spacial score (nSPS) is 19.2. The summed E-state index contributed by atoms with van der Waals surface area (Å²) < 4.78 is 0. The fourth-order valence-electron chi connectivity index (χ4n) is 0.768. The van der Waals surface area contributed by atoms with Gasteiger partial charge in [0.05, 0.1) is 0 Å². The van der Waals surface area contributed by atoms with Crippen molar-refractivity contribution in [2.75, 3.05) is 7.05 Å². The van der Waals surface area contributed by atoms with Gasteiger partial charge in [0.25, 0.3) is 0 Å². The standard InChI is InChI=1S/C6H10N2.C2H6/c1-3-6-4-5-7-8(6)2;1-2/h3,5H,4H2,1-2H3;1-2H3/b6-3+;. The summed E-state index contributed by atoms with van der Waals surface area (Å²) in [4.78, 5) is 0. The average molecular weight is 140 g/mol. The first-order valence-corrected chi connectivity index (χ1v) is 3.76. The van der Waals surface area contributed by atoms with Gasteiger partial charge in [0, 0.05) is 25.4 Å². The molecule has 0 N–H and O–H groups in total. The smallest absolute Gasteiger partial charge is 0.0376 e. The van der Waals surface area contributed by atoms with Crippen LogP contribution in [-0.4, -0.2) is 18.3 Å². The molecule has 0 aromatic carbocycles. The fraction of sp³-hybridized carbons (Fsp3) is 0.625. The van der Waals surface area contributed by atoms with Crippen LogP contribution < -0.4 is 0 Å². The second-order valence-electron chi connectivity index (χ2n) is 1.81. The molecule has 58 valence electrons. The van der Waals surface area contributed by atoms with Crippen molar-refractivity contribution in [2.45, 2.75) is 27.2 Å². The Morgan fingerprint density at radius 3 is 2.40 bits per heavy atom. The number of hydrogen-bond donors (Lipinski definition) is 0. The van der Waals surface area contributed by atoms with Crippen molar-refractivity contribution in [1.29, 1.82) is 0 Å². The third-order valence-corrected chi connectivity index (χ3v) is 1.30. The Morgan fingerprint density at radius 1 is 1.60 bits per heavy atom. The van der Waals surface area contributed by atoms with Crippen molar-refractivity contribution in [2.24, 2.45) is 5.10 Å². The summed E-state index contributed by atoms with van der Waals surface area (Å²) in [5.41, 5.74) is 1.28. The Labute approximate surface area is 63.2 Å². The number of hydrogen-bond acceptors (Lipinski definition) is 2. The van der Waals surface area contributed by atoms with Crippen molar-refractivity contribution in [3.8, 4) is 0 Å². The van der Waals surface area contributed by atoms with Gasteiger partial charge in [-0.25, -0.2) is 0 Å². The van der Waals surface area contributed by atoms with E-state index in [1.807, 2.05) is 39.0 Å². The van der Waals surface area contributed by atoms with Gasteiger partial charge in [0.1, 0.15) is 0 Å². The van der Waals surface area contributed by atoms with Crippen LogP contribution in [0.2, 0.25) is 0 Å². The zero-order valence-electron chi connectivity index (χ0n) is 7.26. The number of rotatable bonds is 0. The molecule has 0 aliphatic carbocycles. The largest absolute Gasteiger partial charge is 0.273 e. The molecule has 2 nitrogen and oxygen atoms in total. The highest BCUT2D eigenvalue weighted by molar-refractivity contribution is 5.63. The summed E-state index contributed by atoms with van der Waals surface area (Å²) in [5.74, 6) is 0. The lowest BCUT2D eigenvalue weighted by Crippen LogP contribution is -2.02. The van der Waals surface area contributed by atoms with Gasteiger partial charge in [0.2, 0.25) is 0 Å². The van der Waals surface area contributed by atoms with Crippen LogP contribution in [0.4, 0.5) is 0 Å². The predicted molar refractivity (Wildman–Crippen MR) is 46.0 cm³/mol. The van der Waals surface area contributed by atoms with E-state index in [0.717, 1.165) is 6.42 Å². The summed E-state index contributed by atoms with van der Waals surface area (Å²) in [7, 11) is 1.96. The molecule has 0 bridgehead atoms. The van der Waals surface area contributed by atoms with Crippen molar-refractivity contribution in [1.82, 2.24) is 5.01 Å². The molecule has 0 saturated heterocycles. The van der Waals surface area contributed by atoms with E-state index < -0.39 is 0 Å². The maximum Gasteiger partial charge on any atom is 0.0376 e. The Hall–Kier alpha value is -0.790. The molecule has 0 spiro atoms. The van der Waals surface area contributed by atoms with Crippen LogP contribution in [0.5, 0.6) is 0 Å². The first-order valence-electron chi connectivity index (χ1n) is 3.76. The van der Waals surface area contributed by atoms with Crippen molar-refractivity contribution < 1.29 is 0 Å². The number of hydrazone groups is 1. The lowest BCUT2D eigenvalue weighted by molar-refractivity contribution is 0.465. The van der Waals surface area contributed by atoms with Gasteiger partial charge in [-0.05, 0) is 6.92 Å². The Kier molecular flexibility index (Phi) is 4.63. The minimum absolute atomic E-state index is 0.993. The Balaban J connectivity index is 0.000000371. The fourth-order valence-corrected chi connectivity index (χ4v) is 0.768. The topological polar surface area (TPSA) is 15.6 Å². The monoisotopic (exact) mass is 140 g/mol. The van der Waals surface area contributed by atoms with Gasteiger partial charge in [-0.1, -0.05) is 19.9 Å². The zero-order valence-corrected chi connectivity index (χ0v) is 7.26. The number of nitrogens with zero attached hydrogens (tertiary/aromatic N) is 2. The van der Waals surface area contributed by atoms with Crippen molar-refractivity contribution in [3.63, 3.8) is 0 Å². The Bertz CT molecular complexity index is 136. The van der Waals surface area contributed by atoms with Crippen LogP contribution in [0.15, 0.2) is 16.9 Å². The van der Waals surface area contributed by atoms with Crippen LogP contribution in [0.1, 0.15) is 27.2 Å².